The highest BCUT2D eigenvalue weighted by Crippen LogP contribution is 2.22. The number of hydrogen-bond donors (Lipinski definition) is 1. The molecule has 0 heterocycles. The topological polar surface area (TPSA) is 55.4 Å². The number of hydrogen-bond acceptors (Lipinski definition) is 3. The number of halogens is 2. The van der Waals surface area contributed by atoms with Gasteiger partial charge in [0.2, 0.25) is 0 Å². The Morgan fingerprint density at radius 2 is 2.00 bits per heavy atom. The van der Waals surface area contributed by atoms with Crippen molar-refractivity contribution in [2.75, 3.05) is 7.11 Å². The Hall–Kier alpha value is -1.26. The molecule has 1 unspecified atom stereocenters. The second-order valence-corrected chi connectivity index (χ2v) is 4.40. The molecule has 0 aliphatic carbocycles. The quantitative estimate of drug-likeness (QED) is 0.867. The van der Waals surface area contributed by atoms with E-state index >= 15 is 0 Å². The van der Waals surface area contributed by atoms with E-state index in [1.165, 1.54) is 25.3 Å². The van der Waals surface area contributed by atoms with E-state index in [0.717, 1.165) is 0 Å². The van der Waals surface area contributed by atoms with Gasteiger partial charge in [0.1, 0.15) is 6.04 Å². The van der Waals surface area contributed by atoms with Gasteiger partial charge < -0.3 is 10.1 Å². The number of rotatable bonds is 4. The zero-order valence-electron chi connectivity index (χ0n) is 10.00. The first-order valence-electron chi connectivity index (χ1n) is 5.33. The minimum Gasteiger partial charge on any atom is -0.467 e. The fourth-order valence-corrected chi connectivity index (χ4v) is 1.65. The van der Waals surface area contributed by atoms with Crippen LogP contribution < -0.4 is 5.32 Å². The molecule has 0 spiro atoms. The molecule has 0 aliphatic rings. The lowest BCUT2D eigenvalue weighted by Gasteiger charge is -2.14. The molecule has 1 amide bonds. The van der Waals surface area contributed by atoms with E-state index in [1.807, 2.05) is 0 Å². The Morgan fingerprint density at radius 1 is 1.33 bits per heavy atom. The number of methoxy groups -OCH3 is 1. The summed E-state index contributed by atoms with van der Waals surface area (Å²) in [4.78, 5) is 23.2. The molecule has 0 aliphatic heterocycles. The number of carbonyl (C=O) groups excluding carboxylic acids is 2. The maximum absolute atomic E-state index is 11.9. The van der Waals surface area contributed by atoms with E-state index in [9.17, 15) is 9.59 Å². The molecule has 6 heteroatoms. The van der Waals surface area contributed by atoms with Crippen molar-refractivity contribution >= 4 is 35.1 Å². The minimum absolute atomic E-state index is 0.287. The van der Waals surface area contributed by atoms with E-state index in [1.54, 1.807) is 6.92 Å². The number of esters is 1. The molecule has 1 atom stereocenters. The number of ether oxygens (including phenoxy) is 1. The molecule has 1 aromatic carbocycles. The molecule has 1 aromatic rings. The average Bonchev–Trinajstić information content (AvgIpc) is 2.37. The third kappa shape index (κ3) is 3.62. The smallest absolute Gasteiger partial charge is 0.328 e. The number of amides is 1. The van der Waals surface area contributed by atoms with Gasteiger partial charge in [-0.15, -0.1) is 0 Å². The van der Waals surface area contributed by atoms with Crippen molar-refractivity contribution < 1.29 is 14.3 Å². The third-order valence-electron chi connectivity index (χ3n) is 2.38. The summed E-state index contributed by atoms with van der Waals surface area (Å²) < 4.78 is 4.58. The van der Waals surface area contributed by atoms with E-state index in [-0.39, 0.29) is 5.02 Å². The predicted molar refractivity (Wildman–Crippen MR) is 70.0 cm³/mol. The zero-order chi connectivity index (χ0) is 13.7. The molecule has 0 saturated carbocycles. The molecule has 1 rings (SSSR count). The Morgan fingerprint density at radius 3 is 2.50 bits per heavy atom. The zero-order valence-corrected chi connectivity index (χ0v) is 11.5. The van der Waals surface area contributed by atoms with Crippen LogP contribution in [-0.4, -0.2) is 25.0 Å². The Bertz CT molecular complexity index is 463. The van der Waals surface area contributed by atoms with Crippen molar-refractivity contribution in [3.8, 4) is 0 Å². The number of carbonyl (C=O) groups is 2. The molecule has 0 bridgehead atoms. The standard InChI is InChI=1S/C12H13Cl2NO3/c1-3-10(12(17)18-2)15-11(16)7-4-5-8(13)9(14)6-7/h4-6,10H,3H2,1-2H3,(H,15,16). The van der Waals surface area contributed by atoms with Crippen LogP contribution in [0.25, 0.3) is 0 Å². The molecular formula is C12H13Cl2NO3. The van der Waals surface area contributed by atoms with Gasteiger partial charge in [-0.1, -0.05) is 30.1 Å². The summed E-state index contributed by atoms with van der Waals surface area (Å²) in [6.07, 6.45) is 0.444. The Kier molecular flexibility index (Phi) is 5.44. The number of benzene rings is 1. The van der Waals surface area contributed by atoms with Crippen LogP contribution in [0.1, 0.15) is 23.7 Å². The van der Waals surface area contributed by atoms with Crippen molar-refractivity contribution in [2.24, 2.45) is 0 Å². The van der Waals surface area contributed by atoms with Gasteiger partial charge in [0.05, 0.1) is 17.2 Å². The lowest BCUT2D eigenvalue weighted by Crippen LogP contribution is -2.41. The van der Waals surface area contributed by atoms with Crippen molar-refractivity contribution in [3.05, 3.63) is 33.8 Å². The average molecular weight is 290 g/mol. The van der Waals surface area contributed by atoms with E-state index in [2.05, 4.69) is 10.1 Å². The lowest BCUT2D eigenvalue weighted by atomic mass is 10.1. The molecule has 98 valence electrons. The van der Waals surface area contributed by atoms with Gasteiger partial charge in [-0.3, -0.25) is 4.79 Å². The molecule has 0 fully saturated rings. The maximum atomic E-state index is 11.9. The first-order chi connectivity index (χ1) is 8.49. The van der Waals surface area contributed by atoms with Crippen LogP contribution in [0.4, 0.5) is 0 Å². The van der Waals surface area contributed by atoms with Gasteiger partial charge in [-0.25, -0.2) is 4.79 Å². The van der Waals surface area contributed by atoms with Gasteiger partial charge in [-0.2, -0.15) is 0 Å². The predicted octanol–water partition coefficient (Wildman–Crippen LogP) is 2.67. The van der Waals surface area contributed by atoms with Crippen LogP contribution in [0.3, 0.4) is 0 Å². The Balaban J connectivity index is 2.81. The normalized spacial score (nSPS) is 11.8. The van der Waals surface area contributed by atoms with Gasteiger partial charge >= 0.3 is 5.97 Å². The van der Waals surface area contributed by atoms with Gasteiger partial charge in [-0.05, 0) is 24.6 Å². The first kappa shape index (κ1) is 14.8. The summed E-state index contributed by atoms with van der Waals surface area (Å²) in [5.74, 6) is -0.878. The monoisotopic (exact) mass is 289 g/mol. The van der Waals surface area contributed by atoms with Crippen LogP contribution in [0, 0.1) is 0 Å². The van der Waals surface area contributed by atoms with Crippen LogP contribution in [0.15, 0.2) is 18.2 Å². The second kappa shape index (κ2) is 6.61. The minimum atomic E-state index is -0.669. The summed E-state index contributed by atoms with van der Waals surface area (Å²) in [6, 6.07) is 3.84. The van der Waals surface area contributed by atoms with Crippen LogP contribution >= 0.6 is 23.2 Å². The fraction of sp³-hybridized carbons (Fsp3) is 0.333. The molecule has 18 heavy (non-hydrogen) atoms. The molecule has 1 N–H and O–H groups in total. The molecule has 0 saturated heterocycles. The van der Waals surface area contributed by atoms with Crippen LogP contribution in [0.5, 0.6) is 0 Å². The summed E-state index contributed by atoms with van der Waals surface area (Å²) in [5.41, 5.74) is 0.340. The SMILES string of the molecule is CCC(NC(=O)c1ccc(Cl)c(Cl)c1)C(=O)OC. The fourth-order valence-electron chi connectivity index (χ4n) is 1.35. The highest BCUT2D eigenvalue weighted by atomic mass is 35.5. The summed E-state index contributed by atoms with van der Waals surface area (Å²) in [7, 11) is 1.27. The van der Waals surface area contributed by atoms with E-state index in [4.69, 9.17) is 23.2 Å². The summed E-state index contributed by atoms with van der Waals surface area (Å²) in [6.45, 7) is 1.77. The largest absolute Gasteiger partial charge is 0.467 e. The summed E-state index contributed by atoms with van der Waals surface area (Å²) in [5, 5.41) is 3.22. The van der Waals surface area contributed by atoms with E-state index < -0.39 is 17.9 Å². The van der Waals surface area contributed by atoms with Crippen molar-refractivity contribution in [1.82, 2.24) is 5.32 Å². The maximum Gasteiger partial charge on any atom is 0.328 e. The Labute approximate surface area is 115 Å². The third-order valence-corrected chi connectivity index (χ3v) is 3.12. The van der Waals surface area contributed by atoms with E-state index in [0.29, 0.717) is 17.0 Å². The first-order valence-corrected chi connectivity index (χ1v) is 6.09. The van der Waals surface area contributed by atoms with Crippen LogP contribution in [-0.2, 0) is 9.53 Å². The van der Waals surface area contributed by atoms with Crippen LogP contribution in [0.2, 0.25) is 10.0 Å². The van der Waals surface area contributed by atoms with Gasteiger partial charge in [0.15, 0.2) is 0 Å². The molecular weight excluding hydrogens is 277 g/mol. The van der Waals surface area contributed by atoms with Gasteiger partial charge in [0.25, 0.3) is 5.91 Å². The molecule has 0 radical (unpaired) electrons. The van der Waals surface area contributed by atoms with Crippen molar-refractivity contribution in [1.29, 1.82) is 0 Å². The van der Waals surface area contributed by atoms with Gasteiger partial charge in [0, 0.05) is 5.56 Å². The summed E-state index contributed by atoms with van der Waals surface area (Å²) >= 11 is 11.6. The highest BCUT2D eigenvalue weighted by molar-refractivity contribution is 6.42. The van der Waals surface area contributed by atoms with Crippen molar-refractivity contribution in [3.63, 3.8) is 0 Å². The number of nitrogens with one attached hydrogen (secondary N) is 1. The molecule has 4 nitrogen and oxygen atoms in total. The lowest BCUT2D eigenvalue weighted by molar-refractivity contribution is -0.142. The second-order valence-electron chi connectivity index (χ2n) is 3.59. The van der Waals surface area contributed by atoms with Crippen molar-refractivity contribution in [2.45, 2.75) is 19.4 Å². The molecule has 0 aromatic heterocycles. The highest BCUT2D eigenvalue weighted by Gasteiger charge is 2.20.